The van der Waals surface area contributed by atoms with Crippen LogP contribution in [0.3, 0.4) is 0 Å². The molecule has 4 aromatic rings. The van der Waals surface area contributed by atoms with Crippen molar-refractivity contribution in [2.75, 3.05) is 13.7 Å². The van der Waals surface area contributed by atoms with Gasteiger partial charge in [-0.15, -0.1) is 0 Å². The van der Waals surface area contributed by atoms with E-state index in [1.54, 1.807) is 24.3 Å². The number of fused-ring (bicyclic) bond motifs is 2. The fraction of sp³-hybridized carbons (Fsp3) is 0.190. The average molecular weight is 428 g/mol. The number of nitrogens with zero attached hydrogens (tertiary/aromatic N) is 2. The van der Waals surface area contributed by atoms with Gasteiger partial charge in [0.2, 0.25) is 0 Å². The van der Waals surface area contributed by atoms with E-state index in [1.807, 2.05) is 6.92 Å². The summed E-state index contributed by atoms with van der Waals surface area (Å²) in [6.07, 6.45) is 0. The van der Waals surface area contributed by atoms with Crippen LogP contribution in [0.5, 0.6) is 5.75 Å². The molecule has 2 aromatic heterocycles. The van der Waals surface area contributed by atoms with E-state index in [0.717, 1.165) is 11.3 Å². The van der Waals surface area contributed by atoms with E-state index in [-0.39, 0.29) is 17.1 Å². The van der Waals surface area contributed by atoms with E-state index in [4.69, 9.17) is 13.9 Å². The number of ether oxygens (including phenoxy) is 2. The van der Waals surface area contributed by atoms with Crippen molar-refractivity contribution in [3.63, 3.8) is 0 Å². The Morgan fingerprint density at radius 2 is 2.07 bits per heavy atom. The van der Waals surface area contributed by atoms with Gasteiger partial charge >= 0.3 is 11.9 Å². The number of esters is 1. The van der Waals surface area contributed by atoms with Gasteiger partial charge in [-0.2, -0.15) is 4.99 Å². The van der Waals surface area contributed by atoms with Crippen molar-refractivity contribution in [3.05, 3.63) is 58.8 Å². The van der Waals surface area contributed by atoms with Gasteiger partial charge in [-0.05, 0) is 37.3 Å². The zero-order valence-electron chi connectivity index (χ0n) is 16.2. The highest BCUT2D eigenvalue weighted by molar-refractivity contribution is 7.16. The first-order chi connectivity index (χ1) is 14.5. The number of methoxy groups -OCH3 is 1. The van der Waals surface area contributed by atoms with Crippen LogP contribution in [0.2, 0.25) is 0 Å². The van der Waals surface area contributed by atoms with Crippen molar-refractivity contribution in [2.45, 2.75) is 13.5 Å². The summed E-state index contributed by atoms with van der Waals surface area (Å²) in [5, 5.41) is 0.709. The number of amides is 1. The Morgan fingerprint density at radius 1 is 1.23 bits per heavy atom. The monoisotopic (exact) mass is 428 g/mol. The molecule has 30 heavy (non-hydrogen) atoms. The third-order valence-corrected chi connectivity index (χ3v) is 5.42. The summed E-state index contributed by atoms with van der Waals surface area (Å²) in [6, 6.07) is 11.1. The van der Waals surface area contributed by atoms with Crippen LogP contribution in [-0.2, 0) is 16.1 Å². The highest BCUT2D eigenvalue weighted by Gasteiger charge is 2.17. The summed E-state index contributed by atoms with van der Waals surface area (Å²) >= 11 is 1.09. The number of rotatable bonds is 5. The Labute approximate surface area is 174 Å². The second-order valence-corrected chi connectivity index (χ2v) is 7.30. The standard InChI is InChI=1S/C21H17FN2O5S/c1-3-28-15-6-4-5-12-9-16(29-19(12)15)20(26)23-21-24(11-18(25)27-2)14-8-7-13(22)10-17(14)30-21/h4-10H,3,11H2,1-2H3. The minimum atomic E-state index is -0.626. The molecule has 0 N–H and O–H groups in total. The second-order valence-electron chi connectivity index (χ2n) is 6.29. The molecule has 7 nitrogen and oxygen atoms in total. The molecule has 2 aromatic carbocycles. The van der Waals surface area contributed by atoms with Gasteiger partial charge in [0, 0.05) is 5.39 Å². The average Bonchev–Trinajstić information content (AvgIpc) is 3.30. The Kier molecular flexibility index (Phi) is 5.37. The van der Waals surface area contributed by atoms with Crippen LogP contribution in [0.15, 0.2) is 51.9 Å². The Hall–Kier alpha value is -3.46. The van der Waals surface area contributed by atoms with E-state index >= 15 is 0 Å². The van der Waals surface area contributed by atoms with Gasteiger partial charge in [0.25, 0.3) is 0 Å². The van der Waals surface area contributed by atoms with Crippen molar-refractivity contribution >= 4 is 44.4 Å². The predicted molar refractivity (Wildman–Crippen MR) is 109 cm³/mol. The molecule has 4 rings (SSSR count). The van der Waals surface area contributed by atoms with Crippen molar-refractivity contribution in [1.29, 1.82) is 0 Å². The maximum absolute atomic E-state index is 13.6. The smallest absolute Gasteiger partial charge is 0.325 e. The zero-order chi connectivity index (χ0) is 21.3. The largest absolute Gasteiger partial charge is 0.490 e. The third-order valence-electron chi connectivity index (χ3n) is 4.38. The van der Waals surface area contributed by atoms with Crippen LogP contribution < -0.4 is 9.54 Å². The number of hydrogen-bond acceptors (Lipinski definition) is 6. The lowest BCUT2D eigenvalue weighted by Crippen LogP contribution is -2.22. The number of hydrogen-bond donors (Lipinski definition) is 0. The van der Waals surface area contributed by atoms with Gasteiger partial charge in [0.15, 0.2) is 21.9 Å². The normalized spacial score (nSPS) is 11.9. The molecule has 154 valence electrons. The molecular weight excluding hydrogens is 411 g/mol. The van der Waals surface area contributed by atoms with Gasteiger partial charge in [-0.3, -0.25) is 9.59 Å². The topological polar surface area (TPSA) is 83.0 Å². The molecule has 0 aliphatic heterocycles. The van der Waals surface area contributed by atoms with Crippen LogP contribution in [0.4, 0.5) is 4.39 Å². The van der Waals surface area contributed by atoms with Gasteiger partial charge < -0.3 is 18.5 Å². The van der Waals surface area contributed by atoms with E-state index in [1.165, 1.54) is 29.9 Å². The van der Waals surface area contributed by atoms with Crippen LogP contribution in [-0.4, -0.2) is 30.2 Å². The van der Waals surface area contributed by atoms with Gasteiger partial charge in [0.1, 0.15) is 12.4 Å². The molecule has 0 saturated carbocycles. The first-order valence-electron chi connectivity index (χ1n) is 9.10. The quantitative estimate of drug-likeness (QED) is 0.450. The fourth-order valence-corrected chi connectivity index (χ4v) is 4.08. The minimum absolute atomic E-state index is 0.0328. The van der Waals surface area contributed by atoms with Gasteiger partial charge in [-0.25, -0.2) is 4.39 Å². The number of carbonyl (C=O) groups excluding carboxylic acids is 2. The van der Waals surface area contributed by atoms with Crippen molar-refractivity contribution < 1.29 is 27.9 Å². The summed E-state index contributed by atoms with van der Waals surface area (Å²) in [4.78, 5) is 29.0. The molecule has 0 radical (unpaired) electrons. The number of thiazole rings is 1. The van der Waals surface area contributed by atoms with Crippen LogP contribution in [0.1, 0.15) is 17.5 Å². The molecular formula is C21H17FN2O5S. The molecule has 0 aliphatic carbocycles. The van der Waals surface area contributed by atoms with Crippen LogP contribution in [0, 0.1) is 5.82 Å². The number of para-hydroxylation sites is 1. The second kappa shape index (κ2) is 8.11. The first kappa shape index (κ1) is 19.8. The summed E-state index contributed by atoms with van der Waals surface area (Å²) in [5.74, 6) is -0.998. The maximum Gasteiger partial charge on any atom is 0.325 e. The summed E-state index contributed by atoms with van der Waals surface area (Å²) in [5.41, 5.74) is 1.03. The van der Waals surface area contributed by atoms with Gasteiger partial charge in [0.05, 0.1) is 23.9 Å². The molecule has 0 spiro atoms. The number of carbonyl (C=O) groups is 2. The number of benzene rings is 2. The molecule has 0 saturated heterocycles. The SMILES string of the molecule is CCOc1cccc2cc(C(=O)N=c3sc4cc(F)ccc4n3CC(=O)OC)oc12. The molecule has 2 heterocycles. The highest BCUT2D eigenvalue weighted by atomic mass is 32.1. The van der Waals surface area contributed by atoms with Gasteiger partial charge in [-0.1, -0.05) is 23.5 Å². The summed E-state index contributed by atoms with van der Waals surface area (Å²) < 4.78 is 31.7. The molecule has 0 unspecified atom stereocenters. The van der Waals surface area contributed by atoms with E-state index in [9.17, 15) is 14.0 Å². The van der Waals surface area contributed by atoms with Crippen molar-refractivity contribution in [1.82, 2.24) is 4.57 Å². The summed E-state index contributed by atoms with van der Waals surface area (Å²) in [7, 11) is 1.27. The molecule has 0 atom stereocenters. The maximum atomic E-state index is 13.6. The van der Waals surface area contributed by atoms with Crippen molar-refractivity contribution in [2.24, 2.45) is 4.99 Å². The van der Waals surface area contributed by atoms with E-state index in [2.05, 4.69) is 4.99 Å². The lowest BCUT2D eigenvalue weighted by atomic mass is 10.2. The minimum Gasteiger partial charge on any atom is -0.490 e. The lowest BCUT2D eigenvalue weighted by molar-refractivity contribution is -0.141. The predicted octanol–water partition coefficient (Wildman–Crippen LogP) is 3.90. The summed E-state index contributed by atoms with van der Waals surface area (Å²) in [6.45, 7) is 2.15. The number of aromatic nitrogens is 1. The van der Waals surface area contributed by atoms with Crippen LogP contribution in [0.25, 0.3) is 21.2 Å². The first-order valence-corrected chi connectivity index (χ1v) is 9.92. The number of halogens is 1. The Morgan fingerprint density at radius 3 is 2.83 bits per heavy atom. The van der Waals surface area contributed by atoms with Crippen LogP contribution >= 0.6 is 11.3 Å². The zero-order valence-corrected chi connectivity index (χ0v) is 17.0. The lowest BCUT2D eigenvalue weighted by Gasteiger charge is -2.03. The molecule has 0 fully saturated rings. The Bertz CT molecular complexity index is 1330. The molecule has 0 bridgehead atoms. The Balaban J connectivity index is 1.81. The van der Waals surface area contributed by atoms with E-state index < -0.39 is 17.7 Å². The van der Waals surface area contributed by atoms with Crippen molar-refractivity contribution in [3.8, 4) is 5.75 Å². The molecule has 9 heteroatoms. The third kappa shape index (κ3) is 3.71. The molecule has 1 amide bonds. The fourth-order valence-electron chi connectivity index (χ4n) is 3.03. The molecule has 0 aliphatic rings. The number of furan rings is 1. The highest BCUT2D eigenvalue weighted by Crippen LogP contribution is 2.29. The van der Waals surface area contributed by atoms with E-state index in [0.29, 0.717) is 33.5 Å².